The van der Waals surface area contributed by atoms with E-state index in [0.29, 0.717) is 31.7 Å². The van der Waals surface area contributed by atoms with Gasteiger partial charge in [0.1, 0.15) is 0 Å². The Hall–Kier alpha value is -1.07. The van der Waals surface area contributed by atoms with Crippen LogP contribution in [0, 0.1) is 0 Å². The minimum absolute atomic E-state index is 0.337. The molecular formula is C12H8Cl3N3S. The first-order valence-corrected chi connectivity index (χ1v) is 6.74. The summed E-state index contributed by atoms with van der Waals surface area (Å²) >= 11 is 23.0. The molecule has 0 saturated heterocycles. The number of rotatable bonds is 2. The Balaban J connectivity index is 2.10. The molecule has 1 heterocycles. The number of hydrogen-bond donors (Lipinski definition) is 2. The molecule has 98 valence electrons. The largest absolute Gasteiger partial charge is 0.331 e. The van der Waals surface area contributed by atoms with E-state index < -0.39 is 0 Å². The van der Waals surface area contributed by atoms with Gasteiger partial charge in [0, 0.05) is 11.2 Å². The third-order valence-corrected chi connectivity index (χ3v) is 3.25. The van der Waals surface area contributed by atoms with Crippen molar-refractivity contribution in [1.82, 2.24) is 4.98 Å². The van der Waals surface area contributed by atoms with E-state index >= 15 is 0 Å². The summed E-state index contributed by atoms with van der Waals surface area (Å²) in [5.41, 5.74) is 1.23. The van der Waals surface area contributed by atoms with Crippen molar-refractivity contribution in [2.24, 2.45) is 0 Å². The molecule has 0 aliphatic rings. The molecule has 0 aliphatic heterocycles. The topological polar surface area (TPSA) is 37.0 Å². The van der Waals surface area contributed by atoms with Gasteiger partial charge in [-0.05, 0) is 42.5 Å². The van der Waals surface area contributed by atoms with Crippen molar-refractivity contribution in [2.75, 3.05) is 10.6 Å². The van der Waals surface area contributed by atoms with E-state index in [1.54, 1.807) is 36.5 Å². The fourth-order valence-corrected chi connectivity index (χ4v) is 2.07. The van der Waals surface area contributed by atoms with Gasteiger partial charge in [-0.1, -0.05) is 34.8 Å². The molecule has 0 unspecified atom stereocenters. The van der Waals surface area contributed by atoms with Crippen LogP contribution in [0.1, 0.15) is 0 Å². The fourth-order valence-electron chi connectivity index (χ4n) is 1.35. The lowest BCUT2D eigenvalue weighted by molar-refractivity contribution is 1.33. The average molecular weight is 333 g/mol. The van der Waals surface area contributed by atoms with Gasteiger partial charge >= 0.3 is 0 Å². The summed E-state index contributed by atoms with van der Waals surface area (Å²) in [4.78, 5) is 3.94. The first-order chi connectivity index (χ1) is 9.06. The van der Waals surface area contributed by atoms with Crippen LogP contribution >= 0.6 is 47.0 Å². The summed E-state index contributed by atoms with van der Waals surface area (Å²) in [6, 6.07) is 8.59. The van der Waals surface area contributed by atoms with Crippen molar-refractivity contribution in [3.63, 3.8) is 0 Å². The Labute approximate surface area is 130 Å². The van der Waals surface area contributed by atoms with Crippen LogP contribution in [0.5, 0.6) is 0 Å². The summed E-state index contributed by atoms with van der Waals surface area (Å²) in [6.45, 7) is 0. The fraction of sp³-hybridized carbons (Fsp3) is 0. The molecule has 3 nitrogen and oxygen atoms in total. The number of hydrogen-bond acceptors (Lipinski definition) is 2. The van der Waals surface area contributed by atoms with Gasteiger partial charge in [-0.2, -0.15) is 0 Å². The van der Waals surface area contributed by atoms with E-state index in [4.69, 9.17) is 47.0 Å². The normalized spacial score (nSPS) is 10.1. The van der Waals surface area contributed by atoms with E-state index in [2.05, 4.69) is 15.6 Å². The van der Waals surface area contributed by atoms with Crippen molar-refractivity contribution in [3.8, 4) is 0 Å². The summed E-state index contributed by atoms with van der Waals surface area (Å²) in [6.07, 6.45) is 1.60. The lowest BCUT2D eigenvalue weighted by atomic mass is 10.3. The van der Waals surface area contributed by atoms with E-state index in [1.165, 1.54) is 0 Å². The maximum Gasteiger partial charge on any atom is 0.175 e. The molecule has 0 radical (unpaired) electrons. The smallest absolute Gasteiger partial charge is 0.175 e. The molecule has 2 N–H and O–H groups in total. The van der Waals surface area contributed by atoms with Crippen LogP contribution in [0.2, 0.25) is 15.2 Å². The molecule has 19 heavy (non-hydrogen) atoms. The van der Waals surface area contributed by atoms with Gasteiger partial charge in [0.15, 0.2) is 10.3 Å². The van der Waals surface area contributed by atoms with Crippen LogP contribution in [0.25, 0.3) is 0 Å². The van der Waals surface area contributed by atoms with Crippen LogP contribution in [-0.4, -0.2) is 10.1 Å². The summed E-state index contributed by atoms with van der Waals surface area (Å²) in [5.74, 6) is 0. The zero-order chi connectivity index (χ0) is 13.8. The van der Waals surface area contributed by atoms with E-state index in [-0.39, 0.29) is 0 Å². The minimum Gasteiger partial charge on any atom is -0.331 e. The predicted molar refractivity (Wildman–Crippen MR) is 85.6 cm³/mol. The van der Waals surface area contributed by atoms with Gasteiger partial charge in [0.25, 0.3) is 0 Å². The van der Waals surface area contributed by atoms with Gasteiger partial charge in [-0.15, -0.1) is 0 Å². The molecule has 0 spiro atoms. The second kappa shape index (κ2) is 6.39. The summed E-state index contributed by atoms with van der Waals surface area (Å²) in [5, 5.41) is 7.64. The highest BCUT2D eigenvalue weighted by Crippen LogP contribution is 2.26. The van der Waals surface area contributed by atoms with Crippen molar-refractivity contribution >= 4 is 63.5 Å². The zero-order valence-corrected chi connectivity index (χ0v) is 12.5. The van der Waals surface area contributed by atoms with Crippen LogP contribution < -0.4 is 10.6 Å². The molecule has 0 amide bonds. The predicted octanol–water partition coefficient (Wildman–Crippen LogP) is 4.85. The van der Waals surface area contributed by atoms with E-state index in [1.807, 2.05) is 0 Å². The molecule has 1 aromatic carbocycles. The SMILES string of the molecule is S=C(Nc1cc(Cl)ccc1Cl)Nc1cccnc1Cl. The average Bonchev–Trinajstić information content (AvgIpc) is 2.37. The van der Waals surface area contributed by atoms with Gasteiger partial charge < -0.3 is 10.6 Å². The Morgan fingerprint density at radius 2 is 1.79 bits per heavy atom. The summed E-state index contributed by atoms with van der Waals surface area (Å²) in [7, 11) is 0. The van der Waals surface area contributed by atoms with Crippen LogP contribution in [0.4, 0.5) is 11.4 Å². The van der Waals surface area contributed by atoms with Gasteiger partial charge in [-0.3, -0.25) is 0 Å². The van der Waals surface area contributed by atoms with E-state index in [9.17, 15) is 0 Å². The lowest BCUT2D eigenvalue weighted by Gasteiger charge is -2.12. The highest BCUT2D eigenvalue weighted by atomic mass is 35.5. The first kappa shape index (κ1) is 14.3. The highest BCUT2D eigenvalue weighted by Gasteiger charge is 2.06. The Kier molecular flexibility index (Phi) is 4.82. The molecule has 1 aromatic heterocycles. The maximum atomic E-state index is 6.03. The van der Waals surface area contributed by atoms with Crippen LogP contribution in [0.15, 0.2) is 36.5 Å². The number of thiocarbonyl (C=S) groups is 1. The molecular weight excluding hydrogens is 325 g/mol. The Morgan fingerprint density at radius 1 is 1.05 bits per heavy atom. The lowest BCUT2D eigenvalue weighted by Crippen LogP contribution is -2.19. The molecule has 2 aromatic rings. The van der Waals surface area contributed by atoms with Gasteiger partial charge in [0.05, 0.1) is 16.4 Å². The number of anilines is 2. The van der Waals surface area contributed by atoms with Crippen LogP contribution in [0.3, 0.4) is 0 Å². The molecule has 0 bridgehead atoms. The third-order valence-electron chi connectivity index (χ3n) is 2.18. The second-order valence-electron chi connectivity index (χ2n) is 3.55. The number of pyridine rings is 1. The highest BCUT2D eigenvalue weighted by molar-refractivity contribution is 7.80. The molecule has 0 fully saturated rings. The Morgan fingerprint density at radius 3 is 2.53 bits per heavy atom. The quantitative estimate of drug-likeness (QED) is 0.609. The molecule has 0 aliphatic carbocycles. The Bertz CT molecular complexity index is 619. The van der Waals surface area contributed by atoms with Crippen LogP contribution in [-0.2, 0) is 0 Å². The summed E-state index contributed by atoms with van der Waals surface area (Å²) < 4.78 is 0. The van der Waals surface area contributed by atoms with Crippen molar-refractivity contribution < 1.29 is 0 Å². The molecule has 0 atom stereocenters. The molecule has 2 rings (SSSR count). The van der Waals surface area contributed by atoms with Crippen molar-refractivity contribution in [3.05, 3.63) is 51.7 Å². The number of halogens is 3. The molecule has 0 saturated carbocycles. The van der Waals surface area contributed by atoms with Crippen molar-refractivity contribution in [1.29, 1.82) is 0 Å². The second-order valence-corrected chi connectivity index (χ2v) is 5.15. The van der Waals surface area contributed by atoms with Crippen molar-refractivity contribution in [2.45, 2.75) is 0 Å². The number of benzene rings is 1. The molecule has 7 heteroatoms. The number of nitrogens with one attached hydrogen (secondary N) is 2. The minimum atomic E-state index is 0.337. The third kappa shape index (κ3) is 3.94. The van der Waals surface area contributed by atoms with E-state index in [0.717, 1.165) is 0 Å². The van der Waals surface area contributed by atoms with Gasteiger partial charge in [-0.25, -0.2) is 4.98 Å². The first-order valence-electron chi connectivity index (χ1n) is 5.20. The monoisotopic (exact) mass is 331 g/mol. The number of nitrogens with zero attached hydrogens (tertiary/aromatic N) is 1. The standard InChI is InChI=1S/C12H8Cl3N3S/c13-7-3-4-8(14)10(6-7)18-12(19)17-9-2-1-5-16-11(9)15/h1-6H,(H2,17,18,19). The zero-order valence-electron chi connectivity index (χ0n) is 9.45. The number of aromatic nitrogens is 1. The maximum absolute atomic E-state index is 6.03. The van der Waals surface area contributed by atoms with Gasteiger partial charge in [0.2, 0.25) is 0 Å².